The second-order valence-corrected chi connectivity index (χ2v) is 5.42. The second kappa shape index (κ2) is 10.3. The number of quaternary nitrogens is 2. The van der Waals surface area contributed by atoms with E-state index in [1.54, 1.807) is 0 Å². The van der Waals surface area contributed by atoms with Crippen LogP contribution in [0.4, 0.5) is 0 Å². The van der Waals surface area contributed by atoms with Gasteiger partial charge in [-0.3, -0.25) is 4.79 Å². The lowest BCUT2D eigenvalue weighted by Gasteiger charge is -2.23. The van der Waals surface area contributed by atoms with Crippen molar-refractivity contribution in [1.29, 1.82) is 0 Å². The maximum absolute atomic E-state index is 12.0. The highest BCUT2D eigenvalue weighted by Crippen LogP contribution is 2.15. The van der Waals surface area contributed by atoms with Crippen LogP contribution in [0.2, 0.25) is 0 Å². The number of ketones is 1. The Morgan fingerprint density at radius 3 is 2.45 bits per heavy atom. The van der Waals surface area contributed by atoms with E-state index in [2.05, 4.69) is 26.9 Å². The first-order valence-corrected chi connectivity index (χ1v) is 6.28. The van der Waals surface area contributed by atoms with Crippen LogP contribution in [0.15, 0.2) is 24.3 Å². The molecule has 0 unspecified atom stereocenters. The molecule has 116 valence electrons. The van der Waals surface area contributed by atoms with Crippen LogP contribution in [0.25, 0.3) is 0 Å². The molecule has 1 aromatic carbocycles. The Labute approximate surface area is 142 Å². The van der Waals surface area contributed by atoms with Gasteiger partial charge in [-0.15, -0.1) is 0 Å². The minimum Gasteiger partial charge on any atom is -1.00 e. The van der Waals surface area contributed by atoms with Crippen molar-refractivity contribution in [3.8, 4) is 5.75 Å². The summed E-state index contributed by atoms with van der Waals surface area (Å²) in [4.78, 5) is 12.0. The van der Waals surface area contributed by atoms with E-state index in [1.807, 2.05) is 24.3 Å². The van der Waals surface area contributed by atoms with Crippen molar-refractivity contribution in [3.05, 3.63) is 29.8 Å². The number of carbonyl (C=O) groups is 1. The summed E-state index contributed by atoms with van der Waals surface area (Å²) in [5.74, 6) is 0.915. The van der Waals surface area contributed by atoms with Gasteiger partial charge in [0.05, 0.1) is 34.1 Å². The number of halogens is 2. The van der Waals surface area contributed by atoms with E-state index >= 15 is 0 Å². The summed E-state index contributed by atoms with van der Waals surface area (Å²) in [5.41, 5.74) is 4.45. The van der Waals surface area contributed by atoms with E-state index in [0.29, 0.717) is 13.0 Å². The molecule has 4 nitrogen and oxygen atoms in total. The van der Waals surface area contributed by atoms with Crippen LogP contribution < -0.4 is 44.4 Å². The van der Waals surface area contributed by atoms with Crippen molar-refractivity contribution < 1.29 is 53.7 Å². The lowest BCUT2D eigenvalue weighted by molar-refractivity contribution is -0.869. The van der Waals surface area contributed by atoms with E-state index in [4.69, 9.17) is 4.74 Å². The third-order valence-corrected chi connectivity index (χ3v) is 2.58. The Hall–Kier alpha value is -0.430. The van der Waals surface area contributed by atoms with Crippen LogP contribution in [0.1, 0.15) is 16.8 Å². The molecule has 0 aliphatic carbocycles. The van der Waals surface area contributed by atoms with Crippen molar-refractivity contribution in [3.63, 3.8) is 0 Å². The fourth-order valence-corrected chi connectivity index (χ4v) is 1.53. The molecule has 0 atom stereocenters. The van der Waals surface area contributed by atoms with E-state index in [9.17, 15) is 4.79 Å². The average molecular weight is 412 g/mol. The molecular weight excluding hydrogens is 388 g/mol. The van der Waals surface area contributed by atoms with Crippen molar-refractivity contribution in [2.24, 2.45) is 0 Å². The third kappa shape index (κ3) is 8.68. The Morgan fingerprint density at radius 2 is 1.90 bits per heavy atom. The zero-order chi connectivity index (χ0) is 13.6. The lowest BCUT2D eigenvalue weighted by atomic mass is 10.1. The quantitative estimate of drug-likeness (QED) is 0.359. The number of hydrogen-bond acceptors (Lipinski definition) is 2. The number of hydrogen-bond donors (Lipinski definition) is 1. The number of Topliss-reactive ketones (excluding diaryl/α,β-unsaturated/α-hetero) is 1. The molecule has 1 aromatic rings. The van der Waals surface area contributed by atoms with Gasteiger partial charge in [0.15, 0.2) is 5.78 Å². The van der Waals surface area contributed by atoms with Crippen LogP contribution in [-0.4, -0.2) is 51.1 Å². The molecule has 0 saturated heterocycles. The molecule has 20 heavy (non-hydrogen) atoms. The lowest BCUT2D eigenvalue weighted by Crippen LogP contribution is -3.00. The predicted molar refractivity (Wildman–Crippen MR) is 71.5 cm³/mol. The molecule has 0 fully saturated rings. The Morgan fingerprint density at radius 1 is 1.25 bits per heavy atom. The first-order chi connectivity index (χ1) is 8.42. The fourth-order valence-electron chi connectivity index (χ4n) is 1.53. The molecule has 0 radical (unpaired) electrons. The SMILES string of the molecule is C[N+](C)(C)CCC(=O)c1cccc(OCC[NH3+])c1.[Br-].[Br-]. The fraction of sp³-hybridized carbons (Fsp3) is 0.500. The highest BCUT2D eigenvalue weighted by molar-refractivity contribution is 5.96. The first-order valence-electron chi connectivity index (χ1n) is 6.28. The molecule has 0 saturated carbocycles. The number of nitrogens with zero attached hydrogens (tertiary/aromatic N) is 1. The van der Waals surface area contributed by atoms with Crippen LogP contribution >= 0.6 is 0 Å². The van der Waals surface area contributed by atoms with Gasteiger partial charge in [-0.25, -0.2) is 0 Å². The molecule has 0 bridgehead atoms. The van der Waals surface area contributed by atoms with Gasteiger partial charge in [-0.1, -0.05) is 12.1 Å². The van der Waals surface area contributed by atoms with Crippen LogP contribution in [0, 0.1) is 0 Å². The topological polar surface area (TPSA) is 53.9 Å². The first kappa shape index (κ1) is 21.9. The maximum atomic E-state index is 12.0. The molecule has 0 amide bonds. The largest absolute Gasteiger partial charge is 1.00 e. The molecule has 0 aliphatic rings. The van der Waals surface area contributed by atoms with Gasteiger partial charge < -0.3 is 48.9 Å². The van der Waals surface area contributed by atoms with Gasteiger partial charge in [0, 0.05) is 5.56 Å². The summed E-state index contributed by atoms with van der Waals surface area (Å²) >= 11 is 0. The smallest absolute Gasteiger partial charge is 0.168 e. The molecule has 0 aliphatic heterocycles. The number of benzene rings is 1. The Kier molecular flexibility index (Phi) is 11.3. The van der Waals surface area contributed by atoms with Gasteiger partial charge in [0.25, 0.3) is 0 Å². The van der Waals surface area contributed by atoms with Crippen LogP contribution in [-0.2, 0) is 0 Å². The van der Waals surface area contributed by atoms with Crippen molar-refractivity contribution in [2.75, 3.05) is 40.8 Å². The molecule has 1 rings (SSSR count). The standard InChI is InChI=1S/C14H23N2O2.2BrH/c1-16(2,3)9-7-14(17)12-5-4-6-13(11-12)18-10-8-15;;/h4-6,11H,7-10,15H2,1-3H3;2*1H/q+1;;/p-1. The van der Waals surface area contributed by atoms with E-state index < -0.39 is 0 Å². The zero-order valence-electron chi connectivity index (χ0n) is 12.4. The minimum absolute atomic E-state index is 0. The number of carbonyl (C=O) groups excluding carboxylic acids is 1. The van der Waals surface area contributed by atoms with E-state index in [-0.39, 0.29) is 39.7 Å². The van der Waals surface area contributed by atoms with Gasteiger partial charge in [0.1, 0.15) is 18.9 Å². The van der Waals surface area contributed by atoms with Gasteiger partial charge >= 0.3 is 0 Å². The summed E-state index contributed by atoms with van der Waals surface area (Å²) in [6, 6.07) is 7.38. The predicted octanol–water partition coefficient (Wildman–Crippen LogP) is -5.41. The van der Waals surface area contributed by atoms with E-state index in [1.165, 1.54) is 0 Å². The molecule has 0 spiro atoms. The third-order valence-electron chi connectivity index (χ3n) is 2.58. The van der Waals surface area contributed by atoms with Gasteiger partial charge in [0.2, 0.25) is 0 Å². The average Bonchev–Trinajstić information content (AvgIpc) is 2.33. The van der Waals surface area contributed by atoms with Gasteiger partial charge in [-0.05, 0) is 12.1 Å². The summed E-state index contributed by atoms with van der Waals surface area (Å²) < 4.78 is 6.27. The zero-order valence-corrected chi connectivity index (χ0v) is 15.5. The highest BCUT2D eigenvalue weighted by Gasteiger charge is 2.13. The minimum atomic E-state index is 0. The summed E-state index contributed by atoms with van der Waals surface area (Å²) in [7, 11) is 6.25. The number of rotatable bonds is 7. The molecular formula is C14H24Br2N2O2. The summed E-state index contributed by atoms with van der Waals surface area (Å²) in [6.07, 6.45) is 0.558. The molecule has 0 aromatic heterocycles. The molecule has 0 heterocycles. The summed E-state index contributed by atoms with van der Waals surface area (Å²) in [6.45, 7) is 2.14. The number of ether oxygens (including phenoxy) is 1. The van der Waals surface area contributed by atoms with Crippen molar-refractivity contribution in [2.45, 2.75) is 6.42 Å². The maximum Gasteiger partial charge on any atom is 0.168 e. The van der Waals surface area contributed by atoms with Crippen molar-refractivity contribution in [1.82, 2.24) is 0 Å². The van der Waals surface area contributed by atoms with Crippen molar-refractivity contribution >= 4 is 5.78 Å². The van der Waals surface area contributed by atoms with E-state index in [0.717, 1.165) is 28.9 Å². The second-order valence-electron chi connectivity index (χ2n) is 5.42. The van der Waals surface area contributed by atoms with Gasteiger partial charge in [-0.2, -0.15) is 0 Å². The summed E-state index contributed by atoms with van der Waals surface area (Å²) in [5, 5.41) is 0. The normalized spacial score (nSPS) is 10.2. The molecule has 3 N–H and O–H groups in total. The highest BCUT2D eigenvalue weighted by atomic mass is 79.9. The van der Waals surface area contributed by atoms with Crippen LogP contribution in [0.5, 0.6) is 5.75 Å². The Balaban J connectivity index is 0. The Bertz CT molecular complexity index is 406. The monoisotopic (exact) mass is 410 g/mol. The van der Waals surface area contributed by atoms with Crippen LogP contribution in [0.3, 0.4) is 0 Å². The molecule has 6 heteroatoms.